The van der Waals surface area contributed by atoms with Crippen LogP contribution in [0.1, 0.15) is 65.6 Å². The summed E-state index contributed by atoms with van der Waals surface area (Å²) in [7, 11) is 0. The smallest absolute Gasteiger partial charge is 0.343 e. The fourth-order valence-corrected chi connectivity index (χ4v) is 6.23. The van der Waals surface area contributed by atoms with Gasteiger partial charge in [-0.3, -0.25) is 9.59 Å². The van der Waals surface area contributed by atoms with Crippen LogP contribution in [0.4, 0.5) is 4.39 Å². The SMILES string of the molecule is CC[C@@]1(O)C(=O)OCc2c1cc1n(c2=O)Cc2c-1nc1cc(F)c(C)c3c1c2[C@@H](NC(=O)CC(O)CO)CC3. The topological polar surface area (TPSA) is 151 Å². The molecule has 204 valence electrons. The lowest BCUT2D eigenvalue weighted by atomic mass is 9.81. The number of cyclic esters (lactones) is 1. The monoisotopic (exact) mass is 537 g/mol. The number of hydrogen-bond donors (Lipinski definition) is 4. The molecule has 0 saturated heterocycles. The number of carbonyl (C=O) groups excluding carboxylic acids is 2. The van der Waals surface area contributed by atoms with Crippen molar-refractivity contribution in [2.24, 2.45) is 0 Å². The highest BCUT2D eigenvalue weighted by atomic mass is 19.1. The number of esters is 1. The highest BCUT2D eigenvalue weighted by Gasteiger charge is 2.46. The second-order valence-corrected chi connectivity index (χ2v) is 10.5. The highest BCUT2D eigenvalue weighted by molar-refractivity contribution is 5.94. The molecule has 3 atom stereocenters. The molecule has 3 aromatic rings. The van der Waals surface area contributed by atoms with Gasteiger partial charge in [-0.15, -0.1) is 0 Å². The van der Waals surface area contributed by atoms with Crippen LogP contribution in [0, 0.1) is 12.7 Å². The van der Waals surface area contributed by atoms with E-state index in [2.05, 4.69) is 5.32 Å². The van der Waals surface area contributed by atoms with Gasteiger partial charge in [-0.05, 0) is 48.9 Å². The summed E-state index contributed by atoms with van der Waals surface area (Å²) in [5, 5.41) is 33.7. The van der Waals surface area contributed by atoms with Gasteiger partial charge in [-0.2, -0.15) is 0 Å². The van der Waals surface area contributed by atoms with Gasteiger partial charge in [0.15, 0.2) is 5.60 Å². The Morgan fingerprint density at radius 2 is 2.08 bits per heavy atom. The van der Waals surface area contributed by atoms with Crippen LogP contribution in [0.3, 0.4) is 0 Å². The van der Waals surface area contributed by atoms with Crippen molar-refractivity contribution in [3.05, 3.63) is 61.7 Å². The van der Waals surface area contributed by atoms with Crippen molar-refractivity contribution >= 4 is 22.8 Å². The summed E-state index contributed by atoms with van der Waals surface area (Å²) in [5.74, 6) is -1.68. The third kappa shape index (κ3) is 3.64. The van der Waals surface area contributed by atoms with E-state index in [-0.39, 0.29) is 37.1 Å². The van der Waals surface area contributed by atoms with E-state index in [0.29, 0.717) is 40.9 Å². The first-order valence-corrected chi connectivity index (χ1v) is 13.0. The number of aliphatic hydroxyl groups excluding tert-OH is 2. The average Bonchev–Trinajstić information content (AvgIpc) is 3.28. The van der Waals surface area contributed by atoms with Crippen LogP contribution in [0.25, 0.3) is 22.3 Å². The number of carbonyl (C=O) groups is 2. The zero-order chi connectivity index (χ0) is 27.8. The number of fused-ring (bicyclic) bond motifs is 5. The fraction of sp³-hybridized carbons (Fsp3) is 0.429. The minimum atomic E-state index is -1.98. The lowest BCUT2D eigenvalue weighted by Gasteiger charge is -2.31. The van der Waals surface area contributed by atoms with E-state index < -0.39 is 47.6 Å². The largest absolute Gasteiger partial charge is 0.458 e. The molecule has 0 saturated carbocycles. The van der Waals surface area contributed by atoms with Crippen molar-refractivity contribution in [3.63, 3.8) is 0 Å². The molecule has 3 aliphatic rings. The van der Waals surface area contributed by atoms with Gasteiger partial charge < -0.3 is 29.9 Å². The molecule has 0 radical (unpaired) electrons. The van der Waals surface area contributed by atoms with Crippen LogP contribution in [0.15, 0.2) is 16.9 Å². The number of aliphatic hydroxyl groups is 3. The molecule has 0 spiro atoms. The molecule has 1 aliphatic carbocycles. The quantitative estimate of drug-likeness (QED) is 0.279. The van der Waals surface area contributed by atoms with Crippen LogP contribution in [-0.2, 0) is 39.5 Å². The standard InChI is InChI=1S/C28H28FN3O7/c1-3-28(38)17-7-21-25-15(9-32(21)26(36)16(17)11-39-27(28)37)24-19(30-22(35)6-13(34)10-33)5-4-14-12(2)18(29)8-20(31-25)23(14)24/h7-8,13,19,33-34,38H,3-6,9-11H2,1-2H3,(H,30,35)/t13?,19-,28-/m0/s1. The summed E-state index contributed by atoms with van der Waals surface area (Å²) in [6.07, 6.45) is -0.521. The number of rotatable bonds is 5. The lowest BCUT2D eigenvalue weighted by molar-refractivity contribution is -0.172. The molecule has 4 N–H and O–H groups in total. The predicted molar refractivity (Wildman–Crippen MR) is 136 cm³/mol. The van der Waals surface area contributed by atoms with E-state index in [0.717, 1.165) is 16.5 Å². The zero-order valence-corrected chi connectivity index (χ0v) is 21.5. The summed E-state index contributed by atoms with van der Waals surface area (Å²) in [6, 6.07) is 2.44. The lowest BCUT2D eigenvalue weighted by Crippen LogP contribution is -2.44. The molecular formula is C28H28FN3O7. The predicted octanol–water partition coefficient (Wildman–Crippen LogP) is 1.37. The number of benzene rings is 1. The maximum atomic E-state index is 15.0. The Morgan fingerprint density at radius 1 is 1.31 bits per heavy atom. The van der Waals surface area contributed by atoms with Crippen LogP contribution in [0.2, 0.25) is 0 Å². The number of aryl methyl sites for hydroxylation is 1. The first-order chi connectivity index (χ1) is 18.6. The Kier molecular flexibility index (Phi) is 5.87. The fourth-order valence-electron chi connectivity index (χ4n) is 6.23. The van der Waals surface area contributed by atoms with Crippen LogP contribution in [0.5, 0.6) is 0 Å². The van der Waals surface area contributed by atoms with Gasteiger partial charge in [-0.25, -0.2) is 14.2 Å². The van der Waals surface area contributed by atoms with Crippen molar-refractivity contribution < 1.29 is 34.0 Å². The molecule has 1 amide bonds. The minimum Gasteiger partial charge on any atom is -0.458 e. The summed E-state index contributed by atoms with van der Waals surface area (Å²) < 4.78 is 21.6. The van der Waals surface area contributed by atoms with Crippen molar-refractivity contribution in [1.29, 1.82) is 0 Å². The minimum absolute atomic E-state index is 0.00658. The van der Waals surface area contributed by atoms with E-state index in [1.807, 2.05) is 0 Å². The number of halogens is 1. The van der Waals surface area contributed by atoms with Gasteiger partial charge >= 0.3 is 5.97 Å². The highest BCUT2D eigenvalue weighted by Crippen LogP contribution is 2.45. The maximum absolute atomic E-state index is 15.0. The van der Waals surface area contributed by atoms with Crippen LogP contribution in [-0.4, -0.2) is 49.5 Å². The number of aromatic nitrogens is 2. The first-order valence-electron chi connectivity index (χ1n) is 13.0. The number of amides is 1. The van der Waals surface area contributed by atoms with Crippen LogP contribution >= 0.6 is 0 Å². The van der Waals surface area contributed by atoms with Gasteiger partial charge in [0.05, 0.1) is 54.2 Å². The third-order valence-corrected chi connectivity index (χ3v) is 8.34. The van der Waals surface area contributed by atoms with Gasteiger partial charge in [0.2, 0.25) is 5.91 Å². The maximum Gasteiger partial charge on any atom is 0.343 e. The molecule has 0 bridgehead atoms. The first kappa shape index (κ1) is 25.6. The summed E-state index contributed by atoms with van der Waals surface area (Å²) in [4.78, 5) is 43.6. The second-order valence-electron chi connectivity index (χ2n) is 10.5. The van der Waals surface area contributed by atoms with Gasteiger partial charge in [0.25, 0.3) is 5.56 Å². The van der Waals surface area contributed by atoms with Gasteiger partial charge in [-0.1, -0.05) is 6.92 Å². The number of hydrogen-bond acceptors (Lipinski definition) is 8. The van der Waals surface area contributed by atoms with E-state index in [1.54, 1.807) is 19.9 Å². The second kappa shape index (κ2) is 8.94. The normalized spacial score (nSPS) is 21.7. The molecule has 11 heteroatoms. The molecular weight excluding hydrogens is 509 g/mol. The Morgan fingerprint density at radius 3 is 2.79 bits per heavy atom. The Balaban J connectivity index is 1.58. The molecule has 1 aromatic carbocycles. The molecule has 2 aliphatic heterocycles. The Labute approximate surface area is 222 Å². The number of pyridine rings is 2. The summed E-state index contributed by atoms with van der Waals surface area (Å²) >= 11 is 0. The third-order valence-electron chi connectivity index (χ3n) is 8.34. The van der Waals surface area contributed by atoms with Crippen LogP contribution < -0.4 is 10.9 Å². The van der Waals surface area contributed by atoms with Gasteiger partial charge in [0, 0.05) is 22.6 Å². The van der Waals surface area contributed by atoms with E-state index in [1.165, 1.54) is 10.6 Å². The molecule has 4 heterocycles. The molecule has 2 aromatic heterocycles. The molecule has 39 heavy (non-hydrogen) atoms. The van der Waals surface area contributed by atoms with E-state index >= 15 is 0 Å². The van der Waals surface area contributed by atoms with Gasteiger partial charge in [0.1, 0.15) is 12.4 Å². The van der Waals surface area contributed by atoms with Crippen molar-refractivity contribution in [3.8, 4) is 11.4 Å². The number of nitrogens with one attached hydrogen (secondary N) is 1. The summed E-state index contributed by atoms with van der Waals surface area (Å²) in [5.41, 5.74) is 1.87. The molecule has 0 fully saturated rings. The number of nitrogens with zero attached hydrogens (tertiary/aromatic N) is 2. The van der Waals surface area contributed by atoms with E-state index in [4.69, 9.17) is 14.8 Å². The van der Waals surface area contributed by atoms with E-state index in [9.17, 15) is 29.0 Å². The Hall–Kier alpha value is -3.67. The average molecular weight is 538 g/mol. The van der Waals surface area contributed by atoms with Crippen molar-refractivity contribution in [2.75, 3.05) is 6.61 Å². The Bertz CT molecular complexity index is 1650. The number of ether oxygens (including phenoxy) is 1. The zero-order valence-electron chi connectivity index (χ0n) is 21.5. The molecule has 10 nitrogen and oxygen atoms in total. The van der Waals surface area contributed by atoms with Crippen molar-refractivity contribution in [1.82, 2.24) is 14.9 Å². The van der Waals surface area contributed by atoms with Crippen molar-refractivity contribution in [2.45, 2.75) is 70.4 Å². The summed E-state index contributed by atoms with van der Waals surface area (Å²) in [6.45, 7) is 2.66. The molecule has 1 unspecified atom stereocenters. The molecule has 6 rings (SSSR count).